The third-order valence-electron chi connectivity index (χ3n) is 8.62. The second-order valence-corrected chi connectivity index (χ2v) is 11.1. The molecule has 7 aromatic rings. The number of rotatable bonds is 6. The van der Waals surface area contributed by atoms with Gasteiger partial charge in [-0.05, 0) is 107 Å². The largest absolute Gasteiger partial charge is 0.394 e. The first kappa shape index (κ1) is 26.7. The number of hydrogen-bond acceptors (Lipinski definition) is 6. The van der Waals surface area contributed by atoms with E-state index >= 15 is 0 Å². The van der Waals surface area contributed by atoms with E-state index in [1.807, 2.05) is 36.4 Å². The Kier molecular flexibility index (Phi) is 6.55. The average Bonchev–Trinajstić information content (AvgIpc) is 3.04. The molecule has 0 radical (unpaired) electrons. The molecule has 0 saturated carbocycles. The van der Waals surface area contributed by atoms with E-state index in [4.69, 9.17) is 5.11 Å². The van der Waals surface area contributed by atoms with Gasteiger partial charge in [0.2, 0.25) is 0 Å². The van der Waals surface area contributed by atoms with Crippen LogP contribution in [0.15, 0.2) is 103 Å². The third kappa shape index (κ3) is 4.20. The van der Waals surface area contributed by atoms with Crippen molar-refractivity contribution < 1.29 is 30.6 Å². The van der Waals surface area contributed by atoms with Crippen LogP contribution in [0.5, 0.6) is 0 Å². The highest BCUT2D eigenvalue weighted by atomic mass is 16.4. The van der Waals surface area contributed by atoms with Crippen LogP contribution < -0.4 is 0 Å². The van der Waals surface area contributed by atoms with Crippen molar-refractivity contribution in [2.45, 2.75) is 30.5 Å². The van der Waals surface area contributed by atoms with Crippen LogP contribution in [0.3, 0.4) is 0 Å². The molecule has 0 amide bonds. The molecular formula is C36H30O6. The first-order valence-electron chi connectivity index (χ1n) is 14.0. The molecule has 0 bridgehead atoms. The molecule has 0 fully saturated rings. The van der Waals surface area contributed by atoms with Gasteiger partial charge in [-0.1, -0.05) is 66.7 Å². The number of aliphatic hydroxyl groups is 6. The van der Waals surface area contributed by atoms with E-state index in [1.54, 1.807) is 12.1 Å². The summed E-state index contributed by atoms with van der Waals surface area (Å²) in [5.74, 6) is 0. The quantitative estimate of drug-likeness (QED) is 0.125. The number of hydrogen-bond donors (Lipinski definition) is 6. The summed E-state index contributed by atoms with van der Waals surface area (Å²) in [5.41, 5.74) is 0.374. The van der Waals surface area contributed by atoms with Gasteiger partial charge in [0.15, 0.2) is 0 Å². The molecule has 0 spiro atoms. The molecule has 210 valence electrons. The van der Waals surface area contributed by atoms with Crippen LogP contribution in [0.2, 0.25) is 0 Å². The van der Waals surface area contributed by atoms with Crippen LogP contribution in [-0.2, 0) is 0 Å². The molecule has 5 atom stereocenters. The minimum atomic E-state index is -1.89. The lowest BCUT2D eigenvalue weighted by Gasteiger charge is -2.29. The molecule has 6 N–H and O–H groups in total. The van der Waals surface area contributed by atoms with Gasteiger partial charge in [-0.15, -0.1) is 0 Å². The molecule has 0 aliphatic rings. The molecule has 42 heavy (non-hydrogen) atoms. The Morgan fingerprint density at radius 1 is 0.405 bits per heavy atom. The number of aliphatic hydroxyl groups excluding tert-OH is 6. The average molecular weight is 559 g/mol. The third-order valence-corrected chi connectivity index (χ3v) is 8.62. The molecule has 7 rings (SSSR count). The predicted molar refractivity (Wildman–Crippen MR) is 168 cm³/mol. The Hall–Kier alpha value is -4.14. The summed E-state index contributed by atoms with van der Waals surface area (Å²) in [5, 5.41) is 74.1. The van der Waals surface area contributed by atoms with E-state index in [0.29, 0.717) is 10.9 Å². The Labute approximate surface area is 240 Å². The molecular weight excluding hydrogens is 528 g/mol. The van der Waals surface area contributed by atoms with Crippen LogP contribution >= 0.6 is 0 Å². The van der Waals surface area contributed by atoms with E-state index in [-0.39, 0.29) is 0 Å². The summed E-state index contributed by atoms with van der Waals surface area (Å²) < 4.78 is 0. The summed E-state index contributed by atoms with van der Waals surface area (Å²) in [7, 11) is 0. The van der Waals surface area contributed by atoms with Gasteiger partial charge in [-0.3, -0.25) is 0 Å². The summed E-state index contributed by atoms with van der Waals surface area (Å²) >= 11 is 0. The maximum absolute atomic E-state index is 11.2. The first-order valence-corrected chi connectivity index (χ1v) is 14.0. The van der Waals surface area contributed by atoms with E-state index in [0.717, 1.165) is 59.2 Å². The van der Waals surface area contributed by atoms with Gasteiger partial charge in [0.1, 0.15) is 30.5 Å². The van der Waals surface area contributed by atoms with Gasteiger partial charge in [-0.2, -0.15) is 0 Å². The van der Waals surface area contributed by atoms with Crippen molar-refractivity contribution >= 4 is 64.6 Å². The molecule has 0 saturated heterocycles. The normalized spacial score (nSPS) is 16.0. The maximum atomic E-state index is 11.2. The van der Waals surface area contributed by atoms with Gasteiger partial charge in [-0.25, -0.2) is 0 Å². The molecule has 0 heterocycles. The molecule has 0 aromatic heterocycles. The zero-order chi connectivity index (χ0) is 29.1. The fourth-order valence-corrected chi connectivity index (χ4v) is 6.33. The van der Waals surface area contributed by atoms with Crippen LogP contribution in [0.1, 0.15) is 11.7 Å². The molecule has 7 aromatic carbocycles. The topological polar surface area (TPSA) is 121 Å². The van der Waals surface area contributed by atoms with Crippen molar-refractivity contribution in [3.05, 3.63) is 109 Å². The summed E-state index contributed by atoms with van der Waals surface area (Å²) in [6.07, 6.45) is -8.77. The lowest BCUT2D eigenvalue weighted by molar-refractivity contribution is -0.141. The Morgan fingerprint density at radius 2 is 0.810 bits per heavy atom. The van der Waals surface area contributed by atoms with Crippen LogP contribution in [-0.4, -0.2) is 61.7 Å². The first-order chi connectivity index (χ1) is 20.4. The SMILES string of the molecule is OC[C@@H](O)[C@@H](O)[C@H](O)[C@@H](O)C(O)c1cccc2cc3c4cc5ccccc5cc4c4cc5ccccc5cc4c3cc12. The van der Waals surface area contributed by atoms with E-state index in [2.05, 4.69) is 54.6 Å². The van der Waals surface area contributed by atoms with E-state index in [9.17, 15) is 25.5 Å². The van der Waals surface area contributed by atoms with Crippen LogP contribution in [0.25, 0.3) is 64.6 Å². The lowest BCUT2D eigenvalue weighted by Crippen LogP contribution is -2.47. The van der Waals surface area contributed by atoms with Crippen LogP contribution in [0.4, 0.5) is 0 Å². The minimum Gasteiger partial charge on any atom is -0.394 e. The smallest absolute Gasteiger partial charge is 0.113 e. The fraction of sp³-hybridized carbons (Fsp3) is 0.167. The van der Waals surface area contributed by atoms with Gasteiger partial charge in [0, 0.05) is 0 Å². The molecule has 0 aliphatic carbocycles. The summed E-state index contributed by atoms with van der Waals surface area (Å²) in [6, 6.07) is 34.9. The fourth-order valence-electron chi connectivity index (χ4n) is 6.33. The zero-order valence-corrected chi connectivity index (χ0v) is 22.6. The van der Waals surface area contributed by atoms with Crippen LogP contribution in [0, 0.1) is 0 Å². The summed E-state index contributed by atoms with van der Waals surface area (Å²) in [6.45, 7) is -0.799. The van der Waals surface area contributed by atoms with Gasteiger partial charge < -0.3 is 30.6 Å². The highest BCUT2D eigenvalue weighted by Crippen LogP contribution is 2.41. The Bertz CT molecular complexity index is 2090. The monoisotopic (exact) mass is 558 g/mol. The van der Waals surface area contributed by atoms with Crippen molar-refractivity contribution in [3.63, 3.8) is 0 Å². The van der Waals surface area contributed by atoms with Crippen molar-refractivity contribution in [2.75, 3.05) is 6.61 Å². The Balaban J connectivity index is 1.53. The number of benzene rings is 7. The molecule has 6 nitrogen and oxygen atoms in total. The predicted octanol–water partition coefficient (Wildman–Crippen LogP) is 5.08. The highest BCUT2D eigenvalue weighted by molar-refractivity contribution is 6.30. The standard InChI is InChI=1S/C36H30O6/c37-18-32(38)34(40)36(42)35(41)33(39)24-11-5-10-23-16-30-28-14-21-8-2-1-6-19(21)12-26(28)27-13-20-7-3-4-9-22(20)15-29(27)31(30)17-25(23)24/h1-17,32-42H,18H2/t32-,33?,34-,35+,36+/m1/s1. The van der Waals surface area contributed by atoms with Gasteiger partial charge in [0.25, 0.3) is 0 Å². The van der Waals surface area contributed by atoms with Crippen molar-refractivity contribution in [1.29, 1.82) is 0 Å². The van der Waals surface area contributed by atoms with E-state index in [1.165, 1.54) is 0 Å². The Morgan fingerprint density at radius 3 is 1.26 bits per heavy atom. The highest BCUT2D eigenvalue weighted by Gasteiger charge is 2.35. The molecule has 6 heteroatoms. The zero-order valence-electron chi connectivity index (χ0n) is 22.6. The maximum Gasteiger partial charge on any atom is 0.113 e. The second kappa shape index (κ2) is 10.3. The van der Waals surface area contributed by atoms with Crippen molar-refractivity contribution in [3.8, 4) is 0 Å². The minimum absolute atomic E-state index is 0.374. The van der Waals surface area contributed by atoms with Crippen molar-refractivity contribution in [2.24, 2.45) is 0 Å². The summed E-state index contributed by atoms with van der Waals surface area (Å²) in [4.78, 5) is 0. The van der Waals surface area contributed by atoms with E-state index < -0.39 is 37.1 Å². The molecule has 0 aliphatic heterocycles. The van der Waals surface area contributed by atoms with Gasteiger partial charge >= 0.3 is 0 Å². The lowest BCUT2D eigenvalue weighted by atomic mass is 9.87. The van der Waals surface area contributed by atoms with Crippen molar-refractivity contribution in [1.82, 2.24) is 0 Å². The number of fused-ring (bicyclic) bond motifs is 9. The van der Waals surface area contributed by atoms with Gasteiger partial charge in [0.05, 0.1) is 6.61 Å². The second-order valence-electron chi connectivity index (χ2n) is 11.1. The molecule has 1 unspecified atom stereocenters.